The van der Waals surface area contributed by atoms with Crippen molar-refractivity contribution in [1.82, 2.24) is 15.3 Å². The summed E-state index contributed by atoms with van der Waals surface area (Å²) in [5, 5.41) is 2.80. The van der Waals surface area contributed by atoms with Gasteiger partial charge in [-0.25, -0.2) is 14.2 Å². The molecule has 0 aliphatic carbocycles. The topological polar surface area (TPSA) is 107 Å². The molecule has 1 aliphatic heterocycles. The number of amides is 1. The van der Waals surface area contributed by atoms with Gasteiger partial charge in [0.25, 0.3) is 5.91 Å². The summed E-state index contributed by atoms with van der Waals surface area (Å²) in [5.41, 5.74) is 1.63. The molecule has 0 bridgehead atoms. The smallest absolute Gasteiger partial charge is 0.460 e. The van der Waals surface area contributed by atoms with Crippen LogP contribution in [0.25, 0.3) is 11.0 Å². The largest absolute Gasteiger partial charge is 0.490 e. The lowest BCUT2D eigenvalue weighted by Gasteiger charge is -2.25. The Morgan fingerprint density at radius 2 is 1.85 bits per heavy atom. The molecule has 2 aromatic carbocycles. The molecule has 0 radical (unpaired) electrons. The van der Waals surface area contributed by atoms with E-state index >= 15 is 0 Å². The Hall–Kier alpha value is -4.09. The van der Waals surface area contributed by atoms with Crippen molar-refractivity contribution in [2.75, 3.05) is 0 Å². The molecule has 1 saturated heterocycles. The normalized spacial score (nSPS) is 18.8. The number of rotatable bonds is 9. The standard InChI is InChI=1S/C28H27F4N3O5/c1-15(2)23(40-27(38)28(30,31)32)12-17-13-24(39-26(17)37)21(11-16-6-5-7-18(29)10-16)35-25(36)22-14-33-19-8-3-4-9-20(19)34-22/h3-10,14-15,17,21,23-24H,11-13H2,1-2H3,(H,35,36). The van der Waals surface area contributed by atoms with E-state index < -0.39 is 59.9 Å². The summed E-state index contributed by atoms with van der Waals surface area (Å²) in [6, 6.07) is 11.9. The van der Waals surface area contributed by atoms with E-state index in [1.807, 2.05) is 0 Å². The summed E-state index contributed by atoms with van der Waals surface area (Å²) in [6.45, 7) is 3.15. The van der Waals surface area contributed by atoms with E-state index in [4.69, 9.17) is 4.74 Å². The lowest BCUT2D eigenvalue weighted by molar-refractivity contribution is -0.207. The zero-order valence-electron chi connectivity index (χ0n) is 21.7. The highest BCUT2D eigenvalue weighted by molar-refractivity contribution is 5.94. The Balaban J connectivity index is 1.53. The van der Waals surface area contributed by atoms with Gasteiger partial charge in [0.1, 0.15) is 23.7 Å². The van der Waals surface area contributed by atoms with Crippen LogP contribution in [0.2, 0.25) is 0 Å². The van der Waals surface area contributed by atoms with Gasteiger partial charge in [0.05, 0.1) is 29.2 Å². The Morgan fingerprint density at radius 3 is 2.52 bits per heavy atom. The van der Waals surface area contributed by atoms with Gasteiger partial charge >= 0.3 is 18.1 Å². The van der Waals surface area contributed by atoms with E-state index in [1.165, 1.54) is 24.4 Å². The SMILES string of the molecule is CC(C)C(CC1CC(C(Cc2cccc(F)c2)NC(=O)c2cnc3ccccc3n2)OC1=O)OC(=O)C(F)(F)F. The number of ether oxygens (including phenoxy) is 2. The average Bonchev–Trinajstić information content (AvgIpc) is 3.26. The summed E-state index contributed by atoms with van der Waals surface area (Å²) in [4.78, 5) is 45.9. The van der Waals surface area contributed by atoms with Crippen LogP contribution in [0.3, 0.4) is 0 Å². The van der Waals surface area contributed by atoms with Gasteiger partial charge < -0.3 is 14.8 Å². The first-order valence-corrected chi connectivity index (χ1v) is 12.7. The third-order valence-electron chi connectivity index (χ3n) is 6.66. The number of hydrogen-bond acceptors (Lipinski definition) is 7. The molecule has 0 spiro atoms. The first-order valence-electron chi connectivity index (χ1n) is 12.7. The molecule has 3 aromatic rings. The van der Waals surface area contributed by atoms with Crippen molar-refractivity contribution >= 4 is 28.9 Å². The Labute approximate surface area is 227 Å². The minimum absolute atomic E-state index is 0.0164. The summed E-state index contributed by atoms with van der Waals surface area (Å²) >= 11 is 0. The fraction of sp³-hybridized carbons (Fsp3) is 0.393. The summed E-state index contributed by atoms with van der Waals surface area (Å²) < 4.78 is 62.4. The molecule has 4 atom stereocenters. The lowest BCUT2D eigenvalue weighted by atomic mass is 9.89. The summed E-state index contributed by atoms with van der Waals surface area (Å²) in [5.74, 6) is -5.50. The molecule has 1 aliphatic rings. The first kappa shape index (κ1) is 28.9. The van der Waals surface area contributed by atoms with Crippen molar-refractivity contribution in [3.8, 4) is 0 Å². The van der Waals surface area contributed by atoms with Crippen LogP contribution < -0.4 is 5.32 Å². The molecule has 0 saturated carbocycles. The molecule has 4 rings (SSSR count). The van der Waals surface area contributed by atoms with Crippen molar-refractivity contribution in [3.63, 3.8) is 0 Å². The number of fused-ring (bicyclic) bond motifs is 1. The van der Waals surface area contributed by atoms with Gasteiger partial charge in [-0.15, -0.1) is 0 Å². The van der Waals surface area contributed by atoms with Gasteiger partial charge in [0.15, 0.2) is 0 Å². The summed E-state index contributed by atoms with van der Waals surface area (Å²) in [6.07, 6.45) is -5.99. The van der Waals surface area contributed by atoms with E-state index in [1.54, 1.807) is 44.2 Å². The lowest BCUT2D eigenvalue weighted by Crippen LogP contribution is -2.45. The highest BCUT2D eigenvalue weighted by Crippen LogP contribution is 2.32. The molecule has 12 heteroatoms. The van der Waals surface area contributed by atoms with Crippen LogP contribution in [0.1, 0.15) is 42.7 Å². The zero-order valence-corrected chi connectivity index (χ0v) is 21.7. The van der Waals surface area contributed by atoms with E-state index in [2.05, 4.69) is 20.0 Å². The number of nitrogens with zero attached hydrogens (tertiary/aromatic N) is 2. The van der Waals surface area contributed by atoms with E-state index in [0.29, 0.717) is 16.6 Å². The molecular weight excluding hydrogens is 534 g/mol. The number of nitrogens with one attached hydrogen (secondary N) is 1. The maximum atomic E-state index is 13.9. The van der Waals surface area contributed by atoms with Gasteiger partial charge in [-0.2, -0.15) is 13.2 Å². The Morgan fingerprint density at radius 1 is 1.12 bits per heavy atom. The van der Waals surface area contributed by atoms with Crippen molar-refractivity contribution in [1.29, 1.82) is 0 Å². The number of halogens is 4. The van der Waals surface area contributed by atoms with Crippen molar-refractivity contribution in [2.45, 2.75) is 57.5 Å². The average molecular weight is 562 g/mol. The number of hydrogen-bond donors (Lipinski definition) is 1. The van der Waals surface area contributed by atoms with Crippen LogP contribution in [0.5, 0.6) is 0 Å². The van der Waals surface area contributed by atoms with Crippen LogP contribution in [0.4, 0.5) is 17.6 Å². The molecule has 8 nitrogen and oxygen atoms in total. The van der Waals surface area contributed by atoms with Crippen LogP contribution in [-0.4, -0.2) is 52.2 Å². The molecule has 1 fully saturated rings. The van der Waals surface area contributed by atoms with Gasteiger partial charge in [0, 0.05) is 0 Å². The summed E-state index contributed by atoms with van der Waals surface area (Å²) in [7, 11) is 0. The third-order valence-corrected chi connectivity index (χ3v) is 6.66. The van der Waals surface area contributed by atoms with Crippen LogP contribution in [-0.2, 0) is 25.5 Å². The van der Waals surface area contributed by atoms with E-state index in [0.717, 1.165) is 0 Å². The second-order valence-electron chi connectivity index (χ2n) is 9.99. The highest BCUT2D eigenvalue weighted by Gasteiger charge is 2.45. The number of benzene rings is 2. The number of alkyl halides is 3. The van der Waals surface area contributed by atoms with Crippen LogP contribution in [0, 0.1) is 17.7 Å². The molecule has 4 unspecified atom stereocenters. The second kappa shape index (κ2) is 12.0. The second-order valence-corrected chi connectivity index (χ2v) is 9.99. The predicted molar refractivity (Wildman–Crippen MR) is 134 cm³/mol. The Kier molecular flexibility index (Phi) is 8.65. The minimum atomic E-state index is -5.17. The van der Waals surface area contributed by atoms with Gasteiger partial charge in [-0.3, -0.25) is 14.6 Å². The van der Waals surface area contributed by atoms with Crippen molar-refractivity contribution < 1.29 is 41.4 Å². The van der Waals surface area contributed by atoms with Gasteiger partial charge in [0.2, 0.25) is 0 Å². The van der Waals surface area contributed by atoms with E-state index in [-0.39, 0.29) is 25.0 Å². The van der Waals surface area contributed by atoms with Crippen LogP contribution in [0.15, 0.2) is 54.7 Å². The number of carbonyl (C=O) groups excluding carboxylic acids is 3. The van der Waals surface area contributed by atoms with Crippen molar-refractivity contribution in [2.24, 2.45) is 11.8 Å². The monoisotopic (exact) mass is 561 g/mol. The molecule has 40 heavy (non-hydrogen) atoms. The van der Waals surface area contributed by atoms with E-state index in [9.17, 15) is 31.9 Å². The fourth-order valence-electron chi connectivity index (χ4n) is 4.55. The molecule has 1 N–H and O–H groups in total. The minimum Gasteiger partial charge on any atom is -0.460 e. The molecule has 1 aromatic heterocycles. The zero-order chi connectivity index (χ0) is 29.0. The number of esters is 2. The quantitative estimate of drug-likeness (QED) is 0.302. The fourth-order valence-corrected chi connectivity index (χ4v) is 4.55. The maximum Gasteiger partial charge on any atom is 0.490 e. The maximum absolute atomic E-state index is 13.9. The van der Waals surface area contributed by atoms with Crippen molar-refractivity contribution in [3.05, 3.63) is 71.8 Å². The number of para-hydroxylation sites is 2. The number of carbonyl (C=O) groups is 3. The molecular formula is C28H27F4N3O5. The third kappa shape index (κ3) is 7.10. The van der Waals surface area contributed by atoms with Gasteiger partial charge in [-0.05, 0) is 55.0 Å². The number of aromatic nitrogens is 2. The Bertz CT molecular complexity index is 1400. The van der Waals surface area contributed by atoms with Crippen LogP contribution >= 0.6 is 0 Å². The molecule has 2 heterocycles. The first-order chi connectivity index (χ1) is 18.9. The molecule has 212 valence electrons. The van der Waals surface area contributed by atoms with Gasteiger partial charge in [-0.1, -0.05) is 38.1 Å². The number of cyclic esters (lactones) is 1. The predicted octanol–water partition coefficient (Wildman–Crippen LogP) is 4.56. The highest BCUT2D eigenvalue weighted by atomic mass is 19.4. The molecule has 1 amide bonds.